The molecule has 0 saturated heterocycles. The molecule has 4 rings (SSSR count). The Morgan fingerprint density at radius 3 is 2.18 bits per heavy atom. The van der Waals surface area contributed by atoms with Crippen LogP contribution in [0.15, 0.2) is 59.5 Å². The third-order valence-corrected chi connectivity index (χ3v) is 7.94. The Balaban J connectivity index is 1.71. The lowest BCUT2D eigenvalue weighted by Gasteiger charge is -2.24. The number of esters is 1. The Hall–Kier alpha value is -5.39. The molecular formula is C39H49N5O7. The molecule has 2 aromatic heterocycles. The van der Waals surface area contributed by atoms with Gasteiger partial charge in [0.15, 0.2) is 0 Å². The minimum Gasteiger partial charge on any atom is -0.493 e. The largest absolute Gasteiger partial charge is 0.493 e. The van der Waals surface area contributed by atoms with E-state index in [9.17, 15) is 19.2 Å². The van der Waals surface area contributed by atoms with Crippen molar-refractivity contribution in [1.29, 1.82) is 0 Å². The molecule has 12 heteroatoms. The molecule has 12 nitrogen and oxygen atoms in total. The fourth-order valence-corrected chi connectivity index (χ4v) is 5.55. The van der Waals surface area contributed by atoms with Gasteiger partial charge in [0.2, 0.25) is 0 Å². The molecular weight excluding hydrogens is 650 g/mol. The minimum absolute atomic E-state index is 0.0326. The predicted molar refractivity (Wildman–Crippen MR) is 201 cm³/mol. The Labute approximate surface area is 298 Å². The van der Waals surface area contributed by atoms with Gasteiger partial charge in [-0.05, 0) is 85.7 Å². The van der Waals surface area contributed by atoms with Crippen LogP contribution in [0, 0.1) is 0 Å². The van der Waals surface area contributed by atoms with Crippen LogP contribution < -0.4 is 26.2 Å². The average Bonchev–Trinajstić information content (AvgIpc) is 3.06. The number of benzene rings is 2. The van der Waals surface area contributed by atoms with E-state index in [0.717, 1.165) is 11.1 Å². The molecule has 3 amide bonds. The van der Waals surface area contributed by atoms with Crippen LogP contribution >= 0.6 is 0 Å². The number of anilines is 3. The lowest BCUT2D eigenvalue weighted by atomic mass is 9.91. The van der Waals surface area contributed by atoms with Crippen molar-refractivity contribution in [2.24, 2.45) is 7.05 Å². The second-order valence-electron chi connectivity index (χ2n) is 13.8. The van der Waals surface area contributed by atoms with Crippen molar-refractivity contribution in [3.63, 3.8) is 0 Å². The number of urea groups is 1. The van der Waals surface area contributed by atoms with E-state index in [1.54, 1.807) is 59.1 Å². The number of nitrogens with zero attached hydrogens (tertiary/aromatic N) is 2. The summed E-state index contributed by atoms with van der Waals surface area (Å²) >= 11 is 0. The fraction of sp³-hybridized carbons (Fsp3) is 0.410. The standard InChI is InChI=1S/C39H49N5O7/c1-10-31(45)50-19-13-18-49-27-15-11-14-25(20-27)32-28-16-12-17-40-35(28)44(9)36(46)34(32)43-37(47)42-33-29(23(2)3)21-26(22-30(33)24(4)5)41-38(48)51-39(6,7)8/h11-12,14-17,20-24H,10,13,18-19H2,1-9H3,(H,41,48)(H2,42,43,47). The first-order valence-electron chi connectivity index (χ1n) is 17.2. The van der Waals surface area contributed by atoms with Gasteiger partial charge in [0.1, 0.15) is 22.7 Å². The molecule has 0 spiro atoms. The van der Waals surface area contributed by atoms with Crippen molar-refractivity contribution < 1.29 is 28.6 Å². The number of pyridine rings is 2. The second kappa shape index (κ2) is 16.5. The van der Waals surface area contributed by atoms with Crippen molar-refractivity contribution in [2.45, 2.75) is 85.7 Å². The molecule has 2 heterocycles. The predicted octanol–water partition coefficient (Wildman–Crippen LogP) is 8.56. The van der Waals surface area contributed by atoms with Crippen LogP contribution in [-0.2, 0) is 21.3 Å². The quantitative estimate of drug-likeness (QED) is 0.0983. The van der Waals surface area contributed by atoms with Crippen LogP contribution in [0.5, 0.6) is 5.75 Å². The van der Waals surface area contributed by atoms with Crippen LogP contribution in [0.4, 0.5) is 26.7 Å². The summed E-state index contributed by atoms with van der Waals surface area (Å²) in [5.74, 6) is 0.218. The number of rotatable bonds is 12. The van der Waals surface area contributed by atoms with Crippen molar-refractivity contribution in [1.82, 2.24) is 9.55 Å². The number of hydrogen-bond acceptors (Lipinski definition) is 8. The van der Waals surface area contributed by atoms with Gasteiger partial charge in [0, 0.05) is 48.4 Å². The van der Waals surface area contributed by atoms with E-state index < -0.39 is 23.3 Å². The van der Waals surface area contributed by atoms with Crippen molar-refractivity contribution in [3.8, 4) is 16.9 Å². The van der Waals surface area contributed by atoms with E-state index in [-0.39, 0.29) is 30.1 Å². The molecule has 0 bridgehead atoms. The van der Waals surface area contributed by atoms with E-state index in [2.05, 4.69) is 20.9 Å². The Bertz CT molecular complexity index is 1930. The highest BCUT2D eigenvalue weighted by atomic mass is 16.6. The van der Waals surface area contributed by atoms with Crippen LogP contribution in [0.25, 0.3) is 22.2 Å². The van der Waals surface area contributed by atoms with Gasteiger partial charge in [-0.1, -0.05) is 46.8 Å². The van der Waals surface area contributed by atoms with E-state index in [0.29, 0.717) is 58.7 Å². The number of aryl methyl sites for hydroxylation is 1. The molecule has 0 unspecified atom stereocenters. The number of carbonyl (C=O) groups excluding carboxylic acids is 3. The van der Waals surface area contributed by atoms with Gasteiger partial charge in [0.05, 0.1) is 13.2 Å². The molecule has 2 aromatic carbocycles. The molecule has 3 N–H and O–H groups in total. The molecule has 0 aliphatic rings. The van der Waals surface area contributed by atoms with Crippen LogP contribution in [-0.4, -0.2) is 46.5 Å². The normalized spacial score (nSPS) is 11.4. The highest BCUT2D eigenvalue weighted by Crippen LogP contribution is 2.37. The minimum atomic E-state index is -0.666. The molecule has 272 valence electrons. The smallest absolute Gasteiger partial charge is 0.412 e. The number of ether oxygens (including phenoxy) is 3. The van der Waals surface area contributed by atoms with Crippen molar-refractivity contribution in [2.75, 3.05) is 29.2 Å². The molecule has 0 radical (unpaired) electrons. The SMILES string of the molecule is CCC(=O)OCCCOc1cccc(-c2c(NC(=O)Nc3c(C(C)C)cc(NC(=O)OC(C)(C)C)cc3C(C)C)c(=O)n(C)c3ncccc23)c1. The van der Waals surface area contributed by atoms with E-state index in [1.165, 1.54) is 4.57 Å². The number of carbonyl (C=O) groups is 3. The van der Waals surface area contributed by atoms with Crippen LogP contribution in [0.1, 0.15) is 91.2 Å². The van der Waals surface area contributed by atoms with Crippen molar-refractivity contribution in [3.05, 3.63) is 76.2 Å². The zero-order valence-electron chi connectivity index (χ0n) is 30.9. The second-order valence-corrected chi connectivity index (χ2v) is 13.8. The number of fused-ring (bicyclic) bond motifs is 1. The van der Waals surface area contributed by atoms with Crippen LogP contribution in [0.2, 0.25) is 0 Å². The third kappa shape index (κ3) is 9.87. The highest BCUT2D eigenvalue weighted by Gasteiger charge is 2.24. The Kier molecular flexibility index (Phi) is 12.5. The van der Waals surface area contributed by atoms with Gasteiger partial charge in [-0.3, -0.25) is 19.5 Å². The van der Waals surface area contributed by atoms with Gasteiger partial charge < -0.3 is 24.8 Å². The molecule has 0 atom stereocenters. The Morgan fingerprint density at radius 1 is 0.882 bits per heavy atom. The molecule has 0 fully saturated rings. The molecule has 51 heavy (non-hydrogen) atoms. The third-order valence-electron chi connectivity index (χ3n) is 7.94. The fourth-order valence-electron chi connectivity index (χ4n) is 5.55. The molecule has 0 saturated carbocycles. The summed E-state index contributed by atoms with van der Waals surface area (Å²) in [6.07, 6.45) is 1.86. The Morgan fingerprint density at radius 2 is 1.55 bits per heavy atom. The summed E-state index contributed by atoms with van der Waals surface area (Å²) in [5, 5.41) is 9.38. The topological polar surface area (TPSA) is 150 Å². The molecule has 4 aromatic rings. The lowest BCUT2D eigenvalue weighted by Crippen LogP contribution is -2.29. The summed E-state index contributed by atoms with van der Waals surface area (Å²) in [6, 6.07) is 13.9. The van der Waals surface area contributed by atoms with Crippen LogP contribution in [0.3, 0.4) is 0 Å². The summed E-state index contributed by atoms with van der Waals surface area (Å²) < 4.78 is 18.0. The van der Waals surface area contributed by atoms with Gasteiger partial charge in [-0.25, -0.2) is 14.6 Å². The zero-order valence-corrected chi connectivity index (χ0v) is 30.9. The lowest BCUT2D eigenvalue weighted by molar-refractivity contribution is -0.143. The van der Waals surface area contributed by atoms with E-state index in [1.807, 2.05) is 58.0 Å². The number of aromatic nitrogens is 2. The maximum atomic E-state index is 13.9. The monoisotopic (exact) mass is 699 g/mol. The maximum absolute atomic E-state index is 13.9. The first-order valence-corrected chi connectivity index (χ1v) is 17.2. The zero-order chi connectivity index (χ0) is 37.5. The number of nitrogens with one attached hydrogen (secondary N) is 3. The summed E-state index contributed by atoms with van der Waals surface area (Å²) in [6.45, 7) is 15.7. The maximum Gasteiger partial charge on any atom is 0.412 e. The van der Waals surface area contributed by atoms with Gasteiger partial charge in [0.25, 0.3) is 5.56 Å². The van der Waals surface area contributed by atoms with Gasteiger partial charge in [-0.15, -0.1) is 0 Å². The summed E-state index contributed by atoms with van der Waals surface area (Å²) in [5.41, 5.74) is 3.27. The van der Waals surface area contributed by atoms with Crippen molar-refractivity contribution >= 4 is 46.2 Å². The van der Waals surface area contributed by atoms with Gasteiger partial charge in [-0.2, -0.15) is 0 Å². The van der Waals surface area contributed by atoms with E-state index in [4.69, 9.17) is 14.2 Å². The molecule has 0 aliphatic heterocycles. The first kappa shape index (κ1) is 38.4. The van der Waals surface area contributed by atoms with E-state index >= 15 is 0 Å². The van der Waals surface area contributed by atoms with Gasteiger partial charge >= 0.3 is 18.1 Å². The molecule has 0 aliphatic carbocycles. The number of hydrogen-bond donors (Lipinski definition) is 3. The average molecular weight is 700 g/mol. The summed E-state index contributed by atoms with van der Waals surface area (Å²) in [7, 11) is 1.61. The number of amides is 3. The first-order chi connectivity index (χ1) is 24.1. The summed E-state index contributed by atoms with van der Waals surface area (Å²) in [4.78, 5) is 56.4. The highest BCUT2D eigenvalue weighted by molar-refractivity contribution is 6.08.